The highest BCUT2D eigenvalue weighted by Crippen LogP contribution is 2.15. The number of fused-ring (bicyclic) bond motifs is 1. The maximum absolute atomic E-state index is 5.69. The molecule has 0 aliphatic carbocycles. The van der Waals surface area contributed by atoms with Crippen LogP contribution in [0.5, 0.6) is 0 Å². The van der Waals surface area contributed by atoms with Gasteiger partial charge in [-0.1, -0.05) is 6.42 Å². The van der Waals surface area contributed by atoms with Crippen LogP contribution in [0.2, 0.25) is 0 Å². The van der Waals surface area contributed by atoms with Crippen LogP contribution >= 0.6 is 0 Å². The molecule has 1 aromatic rings. The zero-order valence-electron chi connectivity index (χ0n) is 17.3. The van der Waals surface area contributed by atoms with E-state index in [2.05, 4.69) is 30.4 Å². The molecule has 0 radical (unpaired) electrons. The number of aliphatic imine (C=N–C) groups is 1. The Hall–Kier alpha value is -1.67. The van der Waals surface area contributed by atoms with E-state index >= 15 is 0 Å². The van der Waals surface area contributed by atoms with Crippen LogP contribution in [0.15, 0.2) is 4.99 Å². The Bertz CT molecular complexity index is 598. The van der Waals surface area contributed by atoms with Gasteiger partial charge < -0.3 is 24.7 Å². The van der Waals surface area contributed by atoms with Crippen LogP contribution < -0.4 is 10.6 Å². The predicted molar refractivity (Wildman–Crippen MR) is 110 cm³/mol. The number of aromatic nitrogens is 3. The van der Waals surface area contributed by atoms with Gasteiger partial charge in [-0.05, 0) is 38.5 Å². The second kappa shape index (κ2) is 12.0. The summed E-state index contributed by atoms with van der Waals surface area (Å²) in [5, 5.41) is 15.5. The smallest absolute Gasteiger partial charge is 0.190 e. The first-order chi connectivity index (χ1) is 13.9. The SMILES string of the molecule is CN=C(NCCCOCC1CCCO1)NCCCc1nnc2n1CCCCC2. The van der Waals surface area contributed by atoms with Gasteiger partial charge in [0.05, 0.1) is 12.7 Å². The van der Waals surface area contributed by atoms with Crippen molar-refractivity contribution in [3.05, 3.63) is 11.6 Å². The summed E-state index contributed by atoms with van der Waals surface area (Å²) in [6, 6.07) is 0. The number of guanidine groups is 1. The highest BCUT2D eigenvalue weighted by molar-refractivity contribution is 5.79. The summed E-state index contributed by atoms with van der Waals surface area (Å²) in [4.78, 5) is 4.29. The number of rotatable bonds is 10. The summed E-state index contributed by atoms with van der Waals surface area (Å²) >= 11 is 0. The summed E-state index contributed by atoms with van der Waals surface area (Å²) in [5.74, 6) is 3.14. The summed E-state index contributed by atoms with van der Waals surface area (Å²) in [5.41, 5.74) is 0. The van der Waals surface area contributed by atoms with Crippen molar-refractivity contribution in [2.75, 3.05) is 40.0 Å². The summed E-state index contributed by atoms with van der Waals surface area (Å²) in [6.07, 6.45) is 10.4. The van der Waals surface area contributed by atoms with Gasteiger partial charge in [0.1, 0.15) is 11.6 Å². The number of aryl methyl sites for hydroxylation is 2. The Labute approximate surface area is 168 Å². The van der Waals surface area contributed by atoms with Gasteiger partial charge in [0.15, 0.2) is 5.96 Å². The highest BCUT2D eigenvalue weighted by Gasteiger charge is 2.15. The van der Waals surface area contributed by atoms with Gasteiger partial charge in [-0.25, -0.2) is 0 Å². The third-order valence-corrected chi connectivity index (χ3v) is 5.36. The third kappa shape index (κ3) is 6.74. The molecule has 1 fully saturated rings. The van der Waals surface area contributed by atoms with Crippen molar-refractivity contribution >= 4 is 5.96 Å². The van der Waals surface area contributed by atoms with Crippen LogP contribution in [-0.2, 0) is 28.9 Å². The van der Waals surface area contributed by atoms with Gasteiger partial charge in [0.2, 0.25) is 0 Å². The quantitative estimate of drug-likeness (QED) is 0.358. The topological polar surface area (TPSA) is 85.6 Å². The molecule has 0 bridgehead atoms. The summed E-state index contributed by atoms with van der Waals surface area (Å²) in [6.45, 7) is 5.15. The maximum Gasteiger partial charge on any atom is 0.190 e. The molecule has 8 nitrogen and oxygen atoms in total. The molecule has 0 saturated carbocycles. The molecular formula is C20H36N6O2. The van der Waals surface area contributed by atoms with E-state index in [0.29, 0.717) is 6.10 Å². The average molecular weight is 393 g/mol. The molecule has 2 aliphatic heterocycles. The van der Waals surface area contributed by atoms with Gasteiger partial charge in [0, 0.05) is 52.7 Å². The Morgan fingerprint density at radius 2 is 2.07 bits per heavy atom. The molecule has 3 rings (SSSR count). The van der Waals surface area contributed by atoms with E-state index < -0.39 is 0 Å². The number of nitrogens with zero attached hydrogens (tertiary/aromatic N) is 4. The lowest BCUT2D eigenvalue weighted by molar-refractivity contribution is 0.0168. The van der Waals surface area contributed by atoms with Gasteiger partial charge in [-0.2, -0.15) is 0 Å². The van der Waals surface area contributed by atoms with Crippen LogP contribution in [0, 0.1) is 0 Å². The summed E-state index contributed by atoms with van der Waals surface area (Å²) in [7, 11) is 1.81. The minimum Gasteiger partial charge on any atom is -0.379 e. The van der Waals surface area contributed by atoms with Crippen molar-refractivity contribution in [2.24, 2.45) is 4.99 Å². The molecule has 28 heavy (non-hydrogen) atoms. The van der Waals surface area contributed by atoms with Gasteiger partial charge in [-0.15, -0.1) is 10.2 Å². The second-order valence-corrected chi connectivity index (χ2v) is 7.59. The maximum atomic E-state index is 5.69. The molecule has 8 heteroatoms. The first kappa shape index (κ1) is 21.0. The number of nitrogens with one attached hydrogen (secondary N) is 2. The fraction of sp³-hybridized carbons (Fsp3) is 0.850. The van der Waals surface area contributed by atoms with E-state index in [9.17, 15) is 0 Å². The van der Waals surface area contributed by atoms with Gasteiger partial charge >= 0.3 is 0 Å². The van der Waals surface area contributed by atoms with Crippen molar-refractivity contribution in [1.29, 1.82) is 0 Å². The lowest BCUT2D eigenvalue weighted by atomic mass is 10.2. The zero-order valence-corrected chi connectivity index (χ0v) is 17.3. The van der Waals surface area contributed by atoms with Crippen LogP contribution in [-0.4, -0.2) is 66.8 Å². The number of hydrogen-bond donors (Lipinski definition) is 2. The lowest BCUT2D eigenvalue weighted by Gasteiger charge is -2.13. The second-order valence-electron chi connectivity index (χ2n) is 7.59. The fourth-order valence-electron chi connectivity index (χ4n) is 3.78. The summed E-state index contributed by atoms with van der Waals surface area (Å²) < 4.78 is 13.6. The molecule has 0 spiro atoms. The number of hydrogen-bond acceptors (Lipinski definition) is 5. The minimum absolute atomic E-state index is 0.308. The van der Waals surface area contributed by atoms with Crippen LogP contribution in [0.4, 0.5) is 0 Å². The predicted octanol–water partition coefficient (Wildman–Crippen LogP) is 1.69. The van der Waals surface area contributed by atoms with E-state index in [-0.39, 0.29) is 0 Å². The Morgan fingerprint density at radius 3 is 2.89 bits per heavy atom. The molecular weight excluding hydrogens is 356 g/mol. The Balaban J connectivity index is 1.24. The minimum atomic E-state index is 0.308. The Kier molecular flexibility index (Phi) is 9.03. The standard InChI is InChI=1S/C20H36N6O2/c1-21-20(23-12-7-14-27-16-17-8-6-15-28-17)22-11-5-10-19-25-24-18-9-3-2-4-13-26(18)19/h17H,2-16H2,1H3,(H2,21,22,23). The van der Waals surface area contributed by atoms with Crippen LogP contribution in [0.3, 0.4) is 0 Å². The lowest BCUT2D eigenvalue weighted by Crippen LogP contribution is -2.38. The van der Waals surface area contributed by atoms with E-state index in [1.54, 1.807) is 0 Å². The van der Waals surface area contributed by atoms with Crippen LogP contribution in [0.1, 0.15) is 56.6 Å². The van der Waals surface area contributed by atoms with Crippen molar-refractivity contribution in [2.45, 2.75) is 70.4 Å². The molecule has 1 aromatic heterocycles. The zero-order chi connectivity index (χ0) is 19.4. The van der Waals surface area contributed by atoms with Crippen molar-refractivity contribution in [1.82, 2.24) is 25.4 Å². The fourth-order valence-corrected chi connectivity index (χ4v) is 3.78. The molecule has 1 unspecified atom stereocenters. The van der Waals surface area contributed by atoms with Crippen LogP contribution in [0.25, 0.3) is 0 Å². The van der Waals surface area contributed by atoms with E-state index in [1.807, 2.05) is 7.05 Å². The third-order valence-electron chi connectivity index (χ3n) is 5.36. The first-order valence-corrected chi connectivity index (χ1v) is 10.9. The monoisotopic (exact) mass is 392 g/mol. The molecule has 2 aliphatic rings. The first-order valence-electron chi connectivity index (χ1n) is 10.9. The normalized spacial score (nSPS) is 20.0. The van der Waals surface area contributed by atoms with E-state index in [0.717, 1.165) is 89.8 Å². The van der Waals surface area contributed by atoms with Crippen molar-refractivity contribution in [3.63, 3.8) is 0 Å². The van der Waals surface area contributed by atoms with Crippen molar-refractivity contribution in [3.8, 4) is 0 Å². The molecule has 1 atom stereocenters. The van der Waals surface area contributed by atoms with Gasteiger partial charge in [0.25, 0.3) is 0 Å². The van der Waals surface area contributed by atoms with E-state index in [4.69, 9.17) is 9.47 Å². The van der Waals surface area contributed by atoms with Crippen molar-refractivity contribution < 1.29 is 9.47 Å². The van der Waals surface area contributed by atoms with E-state index in [1.165, 1.54) is 25.1 Å². The molecule has 158 valence electrons. The molecule has 0 aromatic carbocycles. The number of ether oxygens (including phenoxy) is 2. The molecule has 0 amide bonds. The molecule has 1 saturated heterocycles. The average Bonchev–Trinajstić information content (AvgIpc) is 3.30. The molecule has 3 heterocycles. The largest absolute Gasteiger partial charge is 0.379 e. The highest BCUT2D eigenvalue weighted by atomic mass is 16.5. The van der Waals surface area contributed by atoms with Gasteiger partial charge in [-0.3, -0.25) is 4.99 Å². The molecule has 2 N–H and O–H groups in total. The Morgan fingerprint density at radius 1 is 1.18 bits per heavy atom.